The van der Waals surface area contributed by atoms with E-state index in [4.69, 9.17) is 5.73 Å². The molecule has 0 spiro atoms. The molecule has 104 valence electrons. The molecule has 0 saturated heterocycles. The third kappa shape index (κ3) is 3.02. The molecule has 2 N–H and O–H groups in total. The minimum absolute atomic E-state index is 0.0894. The van der Waals surface area contributed by atoms with Gasteiger partial charge in [-0.15, -0.1) is 0 Å². The summed E-state index contributed by atoms with van der Waals surface area (Å²) in [6.45, 7) is 2.10. The smallest absolute Gasteiger partial charge is 0.259 e. The molecular formula is C16H17BrN2O. The van der Waals surface area contributed by atoms with Crippen LogP contribution in [0.1, 0.15) is 22.8 Å². The number of aryl methyl sites for hydroxylation is 1. The van der Waals surface area contributed by atoms with Crippen molar-refractivity contribution in [3.63, 3.8) is 0 Å². The van der Waals surface area contributed by atoms with Crippen LogP contribution in [0, 0.1) is 0 Å². The summed E-state index contributed by atoms with van der Waals surface area (Å²) in [7, 11) is 1.76. The van der Waals surface area contributed by atoms with E-state index in [2.05, 4.69) is 22.9 Å². The van der Waals surface area contributed by atoms with Gasteiger partial charge in [-0.05, 0) is 58.2 Å². The van der Waals surface area contributed by atoms with Crippen LogP contribution in [0.3, 0.4) is 0 Å². The van der Waals surface area contributed by atoms with Crippen LogP contribution >= 0.6 is 15.9 Å². The van der Waals surface area contributed by atoms with Crippen LogP contribution in [0.5, 0.6) is 0 Å². The van der Waals surface area contributed by atoms with Crippen LogP contribution < -0.4 is 10.6 Å². The van der Waals surface area contributed by atoms with Crippen LogP contribution in [-0.2, 0) is 6.42 Å². The maximum absolute atomic E-state index is 12.5. The van der Waals surface area contributed by atoms with Gasteiger partial charge in [0, 0.05) is 22.9 Å². The zero-order chi connectivity index (χ0) is 14.7. The molecule has 0 aliphatic rings. The number of nitrogen functional groups attached to an aromatic ring is 1. The molecule has 0 fully saturated rings. The van der Waals surface area contributed by atoms with Crippen molar-refractivity contribution in [2.45, 2.75) is 13.3 Å². The van der Waals surface area contributed by atoms with E-state index in [1.165, 1.54) is 5.56 Å². The number of nitrogens with two attached hydrogens (primary N) is 1. The molecule has 4 heteroatoms. The van der Waals surface area contributed by atoms with Crippen molar-refractivity contribution in [3.8, 4) is 0 Å². The van der Waals surface area contributed by atoms with E-state index >= 15 is 0 Å². The van der Waals surface area contributed by atoms with Gasteiger partial charge in [0.15, 0.2) is 0 Å². The van der Waals surface area contributed by atoms with Crippen molar-refractivity contribution in [1.82, 2.24) is 0 Å². The van der Waals surface area contributed by atoms with Gasteiger partial charge in [0.25, 0.3) is 5.91 Å². The summed E-state index contributed by atoms with van der Waals surface area (Å²) >= 11 is 3.39. The monoisotopic (exact) mass is 332 g/mol. The molecule has 2 rings (SSSR count). The third-order valence-corrected chi connectivity index (χ3v) is 3.95. The molecule has 0 aromatic heterocycles. The zero-order valence-electron chi connectivity index (χ0n) is 11.6. The van der Waals surface area contributed by atoms with Crippen molar-refractivity contribution in [1.29, 1.82) is 0 Å². The Morgan fingerprint density at radius 1 is 1.20 bits per heavy atom. The third-order valence-electron chi connectivity index (χ3n) is 3.26. The van der Waals surface area contributed by atoms with E-state index in [9.17, 15) is 4.79 Å². The molecular weight excluding hydrogens is 316 g/mol. The number of carbonyl (C=O) groups is 1. The van der Waals surface area contributed by atoms with Gasteiger partial charge in [0.2, 0.25) is 0 Å². The SMILES string of the molecule is CCc1ccc(N(C)C(=O)c2cc(N)ccc2Br)cc1. The highest BCUT2D eigenvalue weighted by Crippen LogP contribution is 2.23. The summed E-state index contributed by atoms with van der Waals surface area (Å²) in [5.74, 6) is -0.0894. The minimum atomic E-state index is -0.0894. The second-order valence-corrected chi connectivity index (χ2v) is 5.48. The van der Waals surface area contributed by atoms with Gasteiger partial charge in [-0.3, -0.25) is 4.79 Å². The average Bonchev–Trinajstić information content (AvgIpc) is 2.48. The van der Waals surface area contributed by atoms with E-state index in [0.29, 0.717) is 11.3 Å². The lowest BCUT2D eigenvalue weighted by molar-refractivity contribution is 0.0992. The summed E-state index contributed by atoms with van der Waals surface area (Å²) in [5, 5.41) is 0. The molecule has 0 aliphatic carbocycles. The van der Waals surface area contributed by atoms with Gasteiger partial charge in [0.05, 0.1) is 5.56 Å². The van der Waals surface area contributed by atoms with Gasteiger partial charge in [-0.25, -0.2) is 0 Å². The van der Waals surface area contributed by atoms with E-state index in [1.807, 2.05) is 24.3 Å². The largest absolute Gasteiger partial charge is 0.399 e. The lowest BCUT2D eigenvalue weighted by Crippen LogP contribution is -2.26. The Morgan fingerprint density at radius 3 is 2.45 bits per heavy atom. The first-order valence-corrected chi connectivity index (χ1v) is 7.24. The van der Waals surface area contributed by atoms with Crippen LogP contribution in [0.15, 0.2) is 46.9 Å². The maximum Gasteiger partial charge on any atom is 0.259 e. The second kappa shape index (κ2) is 6.09. The molecule has 2 aromatic rings. The molecule has 0 saturated carbocycles. The highest BCUT2D eigenvalue weighted by molar-refractivity contribution is 9.10. The number of carbonyl (C=O) groups excluding carboxylic acids is 1. The van der Waals surface area contributed by atoms with Gasteiger partial charge in [-0.2, -0.15) is 0 Å². The fourth-order valence-electron chi connectivity index (χ4n) is 1.96. The van der Waals surface area contributed by atoms with Crippen LogP contribution in [0.25, 0.3) is 0 Å². The Balaban J connectivity index is 2.29. The van der Waals surface area contributed by atoms with E-state index in [1.54, 1.807) is 30.1 Å². The lowest BCUT2D eigenvalue weighted by atomic mass is 10.1. The summed E-state index contributed by atoms with van der Waals surface area (Å²) in [5.41, 5.74) is 9.00. The van der Waals surface area contributed by atoms with Crippen LogP contribution in [0.2, 0.25) is 0 Å². The lowest BCUT2D eigenvalue weighted by Gasteiger charge is -2.18. The molecule has 20 heavy (non-hydrogen) atoms. The topological polar surface area (TPSA) is 46.3 Å². The average molecular weight is 333 g/mol. The Hall–Kier alpha value is -1.81. The predicted octanol–water partition coefficient (Wildman–Crippen LogP) is 3.87. The molecule has 0 radical (unpaired) electrons. The summed E-state index contributed by atoms with van der Waals surface area (Å²) in [6, 6.07) is 13.2. The van der Waals surface area contributed by atoms with Crippen molar-refractivity contribution < 1.29 is 4.79 Å². The molecule has 3 nitrogen and oxygen atoms in total. The first kappa shape index (κ1) is 14.6. The molecule has 0 atom stereocenters. The van der Waals surface area contributed by atoms with Gasteiger partial charge >= 0.3 is 0 Å². The number of hydrogen-bond acceptors (Lipinski definition) is 2. The first-order chi connectivity index (χ1) is 9.52. The minimum Gasteiger partial charge on any atom is -0.399 e. The quantitative estimate of drug-likeness (QED) is 0.867. The van der Waals surface area contributed by atoms with E-state index in [-0.39, 0.29) is 5.91 Å². The molecule has 0 heterocycles. The highest BCUT2D eigenvalue weighted by atomic mass is 79.9. The normalized spacial score (nSPS) is 10.3. The second-order valence-electron chi connectivity index (χ2n) is 4.62. The number of rotatable bonds is 3. The Labute approximate surface area is 127 Å². The van der Waals surface area contributed by atoms with Crippen molar-refractivity contribution in [2.75, 3.05) is 17.7 Å². The number of nitrogens with zero attached hydrogens (tertiary/aromatic N) is 1. The fourth-order valence-corrected chi connectivity index (χ4v) is 2.38. The molecule has 1 amide bonds. The zero-order valence-corrected chi connectivity index (χ0v) is 13.1. The van der Waals surface area contributed by atoms with E-state index in [0.717, 1.165) is 16.6 Å². The number of hydrogen-bond donors (Lipinski definition) is 1. The summed E-state index contributed by atoms with van der Waals surface area (Å²) in [4.78, 5) is 14.1. The van der Waals surface area contributed by atoms with Crippen molar-refractivity contribution >= 4 is 33.2 Å². The number of benzene rings is 2. The van der Waals surface area contributed by atoms with Gasteiger partial charge in [-0.1, -0.05) is 19.1 Å². The van der Waals surface area contributed by atoms with Crippen LogP contribution in [-0.4, -0.2) is 13.0 Å². The maximum atomic E-state index is 12.5. The number of amides is 1. The summed E-state index contributed by atoms with van der Waals surface area (Å²) in [6.07, 6.45) is 0.985. The molecule has 0 unspecified atom stereocenters. The van der Waals surface area contributed by atoms with Crippen LogP contribution in [0.4, 0.5) is 11.4 Å². The molecule has 2 aromatic carbocycles. The standard InChI is InChI=1S/C16H17BrN2O/c1-3-11-4-7-13(8-5-11)19(2)16(20)14-10-12(18)6-9-15(14)17/h4-10H,3,18H2,1-2H3. The Kier molecular flexibility index (Phi) is 4.45. The van der Waals surface area contributed by atoms with Gasteiger partial charge < -0.3 is 10.6 Å². The Bertz CT molecular complexity index is 623. The number of anilines is 2. The van der Waals surface area contributed by atoms with Crippen molar-refractivity contribution in [3.05, 3.63) is 58.1 Å². The van der Waals surface area contributed by atoms with E-state index < -0.39 is 0 Å². The van der Waals surface area contributed by atoms with Crippen molar-refractivity contribution in [2.24, 2.45) is 0 Å². The molecule has 0 bridgehead atoms. The molecule has 0 aliphatic heterocycles. The first-order valence-electron chi connectivity index (χ1n) is 6.45. The Morgan fingerprint density at radius 2 is 1.85 bits per heavy atom. The highest BCUT2D eigenvalue weighted by Gasteiger charge is 2.16. The summed E-state index contributed by atoms with van der Waals surface area (Å²) < 4.78 is 0.744. The predicted molar refractivity (Wildman–Crippen MR) is 87.1 cm³/mol. The van der Waals surface area contributed by atoms with Gasteiger partial charge in [0.1, 0.15) is 0 Å². The fraction of sp³-hybridized carbons (Fsp3) is 0.188. The number of halogens is 1.